The lowest BCUT2D eigenvalue weighted by Crippen LogP contribution is -2.52. The van der Waals surface area contributed by atoms with E-state index in [0.29, 0.717) is 17.8 Å². The molecule has 4 unspecified atom stereocenters. The number of rotatable bonds is 2. The smallest absolute Gasteiger partial charge is 0.0741 e. The summed E-state index contributed by atoms with van der Waals surface area (Å²) in [6.07, 6.45) is 6.22. The molecule has 0 saturated heterocycles. The van der Waals surface area contributed by atoms with Crippen molar-refractivity contribution in [2.45, 2.75) is 52.1 Å². The zero-order valence-electron chi connectivity index (χ0n) is 11.3. The molecule has 2 aliphatic carbocycles. The number of hydrogen-bond acceptors (Lipinski definition) is 2. The van der Waals surface area contributed by atoms with Crippen LogP contribution in [0.15, 0.2) is 11.6 Å². The Hall–Kier alpha value is -0.340. The summed E-state index contributed by atoms with van der Waals surface area (Å²) in [6, 6.07) is 0. The molecule has 0 aromatic rings. The van der Waals surface area contributed by atoms with E-state index in [9.17, 15) is 10.2 Å². The van der Waals surface area contributed by atoms with E-state index in [1.165, 1.54) is 6.42 Å². The summed E-state index contributed by atoms with van der Waals surface area (Å²) in [5, 5.41) is 20.3. The lowest BCUT2D eigenvalue weighted by molar-refractivity contribution is -0.112. The number of aliphatic hydroxyl groups is 2. The predicted molar refractivity (Wildman–Crippen MR) is 69.6 cm³/mol. The summed E-state index contributed by atoms with van der Waals surface area (Å²) in [5.74, 6) is 1.81. The first-order valence-electron chi connectivity index (χ1n) is 7.02. The molecular weight excluding hydrogens is 212 g/mol. The summed E-state index contributed by atoms with van der Waals surface area (Å²) >= 11 is 0. The zero-order chi connectivity index (χ0) is 12.6. The van der Waals surface area contributed by atoms with Crippen LogP contribution >= 0.6 is 0 Å². The molecule has 0 aliphatic heterocycles. The van der Waals surface area contributed by atoms with E-state index in [4.69, 9.17) is 0 Å². The fraction of sp³-hybridized carbons (Fsp3) is 0.867. The van der Waals surface area contributed by atoms with Gasteiger partial charge in [0.05, 0.1) is 12.2 Å². The minimum absolute atomic E-state index is 0.159. The Morgan fingerprint density at radius 3 is 2.71 bits per heavy atom. The maximum absolute atomic E-state index is 11.0. The van der Waals surface area contributed by atoms with Crippen molar-refractivity contribution in [1.82, 2.24) is 0 Å². The lowest BCUT2D eigenvalue weighted by atomic mass is 9.57. The van der Waals surface area contributed by atoms with Crippen molar-refractivity contribution in [3.05, 3.63) is 11.6 Å². The van der Waals surface area contributed by atoms with Crippen molar-refractivity contribution in [3.63, 3.8) is 0 Å². The largest absolute Gasteiger partial charge is 0.392 e. The molecule has 2 rings (SSSR count). The SMILES string of the molecule is CC(C)C1CCC(C)C2(O)CCC(CO)=CC12. The highest BCUT2D eigenvalue weighted by molar-refractivity contribution is 5.18. The normalized spacial score (nSPS) is 42.2. The summed E-state index contributed by atoms with van der Waals surface area (Å²) in [6.45, 7) is 6.84. The molecule has 2 N–H and O–H groups in total. The van der Waals surface area contributed by atoms with Gasteiger partial charge in [-0.05, 0) is 49.0 Å². The molecular formula is C15H26O2. The number of fused-ring (bicyclic) bond motifs is 1. The van der Waals surface area contributed by atoms with Crippen LogP contribution in [0.5, 0.6) is 0 Å². The second-order valence-corrected chi connectivity index (χ2v) is 6.39. The Balaban J connectivity index is 2.32. The van der Waals surface area contributed by atoms with Crippen LogP contribution in [-0.4, -0.2) is 22.4 Å². The van der Waals surface area contributed by atoms with Crippen LogP contribution in [0.25, 0.3) is 0 Å². The molecule has 2 heteroatoms. The van der Waals surface area contributed by atoms with E-state index >= 15 is 0 Å². The van der Waals surface area contributed by atoms with Crippen molar-refractivity contribution < 1.29 is 10.2 Å². The molecule has 0 aromatic carbocycles. The van der Waals surface area contributed by atoms with E-state index in [0.717, 1.165) is 24.8 Å². The average molecular weight is 238 g/mol. The summed E-state index contributed by atoms with van der Waals surface area (Å²) in [4.78, 5) is 0. The second-order valence-electron chi connectivity index (χ2n) is 6.39. The van der Waals surface area contributed by atoms with Crippen LogP contribution in [0.2, 0.25) is 0 Å². The van der Waals surface area contributed by atoms with Gasteiger partial charge in [0, 0.05) is 5.92 Å². The molecule has 98 valence electrons. The van der Waals surface area contributed by atoms with Gasteiger partial charge in [-0.1, -0.05) is 26.8 Å². The van der Waals surface area contributed by atoms with E-state index in [2.05, 4.69) is 26.8 Å². The van der Waals surface area contributed by atoms with Crippen molar-refractivity contribution in [1.29, 1.82) is 0 Å². The van der Waals surface area contributed by atoms with Crippen LogP contribution < -0.4 is 0 Å². The molecule has 2 nitrogen and oxygen atoms in total. The number of hydrogen-bond donors (Lipinski definition) is 2. The predicted octanol–water partition coefficient (Wildman–Crippen LogP) is 2.75. The van der Waals surface area contributed by atoms with Crippen LogP contribution in [0, 0.1) is 23.7 Å². The van der Waals surface area contributed by atoms with Gasteiger partial charge in [0.25, 0.3) is 0 Å². The van der Waals surface area contributed by atoms with E-state index < -0.39 is 5.60 Å². The first-order chi connectivity index (χ1) is 7.99. The molecule has 0 heterocycles. The number of aliphatic hydroxyl groups excluding tert-OH is 1. The monoisotopic (exact) mass is 238 g/mol. The van der Waals surface area contributed by atoms with Crippen molar-refractivity contribution >= 4 is 0 Å². The Morgan fingerprint density at radius 2 is 2.12 bits per heavy atom. The molecule has 4 atom stereocenters. The molecule has 0 radical (unpaired) electrons. The zero-order valence-corrected chi connectivity index (χ0v) is 11.3. The average Bonchev–Trinajstić information content (AvgIpc) is 2.30. The molecule has 0 aromatic heterocycles. The Morgan fingerprint density at radius 1 is 1.41 bits per heavy atom. The fourth-order valence-electron chi connectivity index (χ4n) is 3.83. The summed E-state index contributed by atoms with van der Waals surface area (Å²) in [7, 11) is 0. The summed E-state index contributed by atoms with van der Waals surface area (Å²) < 4.78 is 0. The molecule has 0 spiro atoms. The first kappa shape index (κ1) is 13.1. The Labute approximate surface area is 105 Å². The minimum atomic E-state index is -0.522. The quantitative estimate of drug-likeness (QED) is 0.726. The highest BCUT2D eigenvalue weighted by Crippen LogP contribution is 2.50. The third-order valence-corrected chi connectivity index (χ3v) is 5.15. The van der Waals surface area contributed by atoms with E-state index in [1.54, 1.807) is 0 Å². The van der Waals surface area contributed by atoms with Gasteiger partial charge in [0.2, 0.25) is 0 Å². The van der Waals surface area contributed by atoms with Crippen molar-refractivity contribution in [2.24, 2.45) is 23.7 Å². The van der Waals surface area contributed by atoms with Crippen LogP contribution in [-0.2, 0) is 0 Å². The molecule has 0 bridgehead atoms. The van der Waals surface area contributed by atoms with Gasteiger partial charge in [-0.15, -0.1) is 0 Å². The van der Waals surface area contributed by atoms with Crippen molar-refractivity contribution in [2.75, 3.05) is 6.61 Å². The van der Waals surface area contributed by atoms with Gasteiger partial charge in [0.15, 0.2) is 0 Å². The third kappa shape index (κ3) is 2.17. The molecule has 1 saturated carbocycles. The maximum atomic E-state index is 11.0. The van der Waals surface area contributed by atoms with Gasteiger partial charge in [-0.2, -0.15) is 0 Å². The molecule has 2 aliphatic rings. The van der Waals surface area contributed by atoms with Crippen molar-refractivity contribution in [3.8, 4) is 0 Å². The third-order valence-electron chi connectivity index (χ3n) is 5.15. The molecule has 1 fully saturated rings. The minimum Gasteiger partial charge on any atom is -0.392 e. The molecule has 17 heavy (non-hydrogen) atoms. The first-order valence-corrected chi connectivity index (χ1v) is 7.02. The van der Waals surface area contributed by atoms with Gasteiger partial charge in [0.1, 0.15) is 0 Å². The highest BCUT2D eigenvalue weighted by atomic mass is 16.3. The standard InChI is InChI=1S/C15H26O2/c1-10(2)13-5-4-11(3)15(17)7-6-12(9-16)8-14(13)15/h8,10-11,13-14,16-17H,4-7,9H2,1-3H3. The van der Waals surface area contributed by atoms with Gasteiger partial charge in [-0.3, -0.25) is 0 Å². The van der Waals surface area contributed by atoms with E-state index in [-0.39, 0.29) is 12.5 Å². The van der Waals surface area contributed by atoms with Gasteiger partial charge in [-0.25, -0.2) is 0 Å². The van der Waals surface area contributed by atoms with Gasteiger partial charge < -0.3 is 10.2 Å². The van der Waals surface area contributed by atoms with Crippen LogP contribution in [0.4, 0.5) is 0 Å². The lowest BCUT2D eigenvalue weighted by Gasteiger charge is -2.51. The van der Waals surface area contributed by atoms with Crippen LogP contribution in [0.3, 0.4) is 0 Å². The topological polar surface area (TPSA) is 40.5 Å². The Bertz CT molecular complexity index is 308. The highest BCUT2D eigenvalue weighted by Gasteiger charge is 2.49. The fourth-order valence-corrected chi connectivity index (χ4v) is 3.83. The van der Waals surface area contributed by atoms with Crippen LogP contribution in [0.1, 0.15) is 46.5 Å². The van der Waals surface area contributed by atoms with E-state index in [1.807, 2.05) is 0 Å². The second kappa shape index (κ2) is 4.74. The maximum Gasteiger partial charge on any atom is 0.0741 e. The Kier molecular flexibility index (Phi) is 3.65. The summed E-state index contributed by atoms with van der Waals surface area (Å²) in [5.41, 5.74) is 0.603. The molecule has 0 amide bonds. The van der Waals surface area contributed by atoms with Gasteiger partial charge >= 0.3 is 0 Å².